The topological polar surface area (TPSA) is 0 Å². The van der Waals surface area contributed by atoms with E-state index < -0.39 is 5.67 Å². The summed E-state index contributed by atoms with van der Waals surface area (Å²) in [4.78, 5) is 0. The second-order valence-corrected chi connectivity index (χ2v) is 2.77. The molecule has 0 radical (unpaired) electrons. The average Bonchev–Trinajstić information content (AvgIpc) is 1.88. The zero-order valence-corrected chi connectivity index (χ0v) is 6.24. The Balaban J connectivity index is 2.80. The van der Waals surface area contributed by atoms with E-state index in [1.807, 2.05) is 0 Å². The molecule has 0 amide bonds. The summed E-state index contributed by atoms with van der Waals surface area (Å²) in [6.07, 6.45) is 6.22. The van der Waals surface area contributed by atoms with Crippen LogP contribution in [-0.4, -0.2) is 5.67 Å². The van der Waals surface area contributed by atoms with Gasteiger partial charge in [0.15, 0.2) is 5.67 Å². The smallest absolute Gasteiger partial charge is 0.152 e. The number of hydrogen-bond acceptors (Lipinski definition) is 0. The molecule has 0 aromatic carbocycles. The van der Waals surface area contributed by atoms with E-state index in [2.05, 4.69) is 6.58 Å². The van der Waals surface area contributed by atoms with Gasteiger partial charge in [-0.15, -0.1) is 0 Å². The maximum Gasteiger partial charge on any atom is 0.152 e. The van der Waals surface area contributed by atoms with E-state index in [1.165, 1.54) is 12.2 Å². The van der Waals surface area contributed by atoms with Gasteiger partial charge in [0.25, 0.3) is 0 Å². The van der Waals surface area contributed by atoms with Crippen LogP contribution in [0.2, 0.25) is 0 Å². The number of halogens is 2. The van der Waals surface area contributed by atoms with Crippen molar-refractivity contribution in [2.24, 2.45) is 0 Å². The third-order valence-electron chi connectivity index (χ3n) is 1.43. The maximum atomic E-state index is 13.2. The van der Waals surface area contributed by atoms with Gasteiger partial charge in [-0.05, 0) is 12.2 Å². The van der Waals surface area contributed by atoms with Crippen molar-refractivity contribution in [1.82, 2.24) is 0 Å². The first-order chi connectivity index (χ1) is 4.66. The van der Waals surface area contributed by atoms with Crippen molar-refractivity contribution < 1.29 is 4.39 Å². The van der Waals surface area contributed by atoms with E-state index in [4.69, 9.17) is 11.6 Å². The summed E-state index contributed by atoms with van der Waals surface area (Å²) in [6.45, 7) is 3.38. The van der Waals surface area contributed by atoms with Crippen LogP contribution >= 0.6 is 11.6 Å². The van der Waals surface area contributed by atoms with Crippen LogP contribution in [0.4, 0.5) is 4.39 Å². The third-order valence-corrected chi connectivity index (χ3v) is 1.69. The predicted molar refractivity (Wildman–Crippen MR) is 41.7 cm³/mol. The van der Waals surface area contributed by atoms with Gasteiger partial charge in [-0.1, -0.05) is 30.3 Å². The first kappa shape index (κ1) is 7.55. The van der Waals surface area contributed by atoms with Gasteiger partial charge >= 0.3 is 0 Å². The molecule has 1 rings (SSSR count). The maximum absolute atomic E-state index is 13.2. The van der Waals surface area contributed by atoms with Gasteiger partial charge in [-0.3, -0.25) is 0 Å². The molecule has 0 bridgehead atoms. The molecule has 2 heteroatoms. The fraction of sp³-hybridized carbons (Fsp3) is 0.250. The highest BCUT2D eigenvalue weighted by Gasteiger charge is 2.24. The molecule has 0 spiro atoms. The average molecular weight is 159 g/mol. The van der Waals surface area contributed by atoms with Crippen LogP contribution in [0.1, 0.15) is 6.42 Å². The lowest BCUT2D eigenvalue weighted by molar-refractivity contribution is 0.298. The molecular weight excluding hydrogens is 151 g/mol. The Morgan fingerprint density at radius 2 is 2.50 bits per heavy atom. The molecule has 10 heavy (non-hydrogen) atoms. The summed E-state index contributed by atoms with van der Waals surface area (Å²) in [5.74, 6) is 0. The van der Waals surface area contributed by atoms with E-state index >= 15 is 0 Å². The lowest BCUT2D eigenvalue weighted by Gasteiger charge is -2.18. The summed E-state index contributed by atoms with van der Waals surface area (Å²) < 4.78 is 13.2. The highest BCUT2D eigenvalue weighted by atomic mass is 35.5. The Morgan fingerprint density at radius 1 is 1.80 bits per heavy atom. The van der Waals surface area contributed by atoms with E-state index in [0.717, 1.165) is 0 Å². The summed E-state index contributed by atoms with van der Waals surface area (Å²) in [7, 11) is 0. The molecule has 54 valence electrons. The lowest BCUT2D eigenvalue weighted by Crippen LogP contribution is -2.17. The summed E-state index contributed by atoms with van der Waals surface area (Å²) in [5.41, 5.74) is -1.42. The number of allylic oxidation sites excluding steroid dienone is 5. The monoisotopic (exact) mass is 158 g/mol. The second kappa shape index (κ2) is 2.59. The predicted octanol–water partition coefficient (Wildman–Crippen LogP) is 2.96. The first-order valence-electron chi connectivity index (χ1n) is 3.03. The van der Waals surface area contributed by atoms with Crippen LogP contribution in [-0.2, 0) is 0 Å². The number of alkyl halides is 1. The molecular formula is C8H8ClF. The molecule has 1 aliphatic carbocycles. The third kappa shape index (κ3) is 1.48. The van der Waals surface area contributed by atoms with Crippen molar-refractivity contribution in [3.05, 3.63) is 35.9 Å². The summed E-state index contributed by atoms with van der Waals surface area (Å²) in [6, 6.07) is 0. The molecule has 0 aromatic heterocycles. The molecule has 1 unspecified atom stereocenters. The van der Waals surface area contributed by atoms with Crippen molar-refractivity contribution in [3.8, 4) is 0 Å². The molecule has 1 atom stereocenters. The Bertz CT molecular complexity index is 205. The second-order valence-electron chi connectivity index (χ2n) is 2.28. The molecule has 0 saturated carbocycles. The fourth-order valence-corrected chi connectivity index (χ4v) is 1.11. The van der Waals surface area contributed by atoms with E-state index in [-0.39, 0.29) is 6.42 Å². The van der Waals surface area contributed by atoms with Crippen molar-refractivity contribution in [2.45, 2.75) is 12.1 Å². The van der Waals surface area contributed by atoms with Gasteiger partial charge in [0.1, 0.15) is 0 Å². The fourth-order valence-electron chi connectivity index (χ4n) is 0.829. The van der Waals surface area contributed by atoms with Crippen molar-refractivity contribution >= 4 is 11.6 Å². The molecule has 0 saturated heterocycles. The van der Waals surface area contributed by atoms with Crippen molar-refractivity contribution in [1.29, 1.82) is 0 Å². The highest BCUT2D eigenvalue weighted by Crippen LogP contribution is 2.29. The van der Waals surface area contributed by atoms with Crippen LogP contribution in [0, 0.1) is 0 Å². The minimum absolute atomic E-state index is 0.217. The standard InChI is InChI=1S/C8H8ClF/c1-2-8(10)5-3-4-7(9)6-8/h2-5H,1,6H2. The molecule has 1 aliphatic rings. The van der Waals surface area contributed by atoms with E-state index in [9.17, 15) is 4.39 Å². The van der Waals surface area contributed by atoms with Crippen LogP contribution in [0.15, 0.2) is 35.9 Å². The van der Waals surface area contributed by atoms with E-state index in [1.54, 1.807) is 12.2 Å². The normalized spacial score (nSPS) is 31.6. The van der Waals surface area contributed by atoms with Crippen LogP contribution in [0.5, 0.6) is 0 Å². The molecule has 0 heterocycles. The quantitative estimate of drug-likeness (QED) is 0.515. The first-order valence-corrected chi connectivity index (χ1v) is 3.40. The van der Waals surface area contributed by atoms with Gasteiger partial charge < -0.3 is 0 Å². The zero-order valence-electron chi connectivity index (χ0n) is 5.48. The molecule has 0 aromatic rings. The minimum atomic E-state index is -1.42. The summed E-state index contributed by atoms with van der Waals surface area (Å²) >= 11 is 5.60. The van der Waals surface area contributed by atoms with Crippen molar-refractivity contribution in [2.75, 3.05) is 0 Å². The van der Waals surface area contributed by atoms with Crippen molar-refractivity contribution in [3.63, 3.8) is 0 Å². The highest BCUT2D eigenvalue weighted by molar-refractivity contribution is 6.29. The molecule has 0 aliphatic heterocycles. The Labute approximate surface area is 64.7 Å². The van der Waals surface area contributed by atoms with Crippen LogP contribution in [0.3, 0.4) is 0 Å². The molecule has 0 fully saturated rings. The van der Waals surface area contributed by atoms with Crippen LogP contribution < -0.4 is 0 Å². The molecule has 0 N–H and O–H groups in total. The lowest BCUT2D eigenvalue weighted by atomic mass is 9.98. The zero-order chi connectivity index (χ0) is 7.61. The van der Waals surface area contributed by atoms with Gasteiger partial charge in [0.05, 0.1) is 0 Å². The minimum Gasteiger partial charge on any atom is -0.234 e. The Hall–Kier alpha value is -0.560. The number of rotatable bonds is 1. The van der Waals surface area contributed by atoms with E-state index in [0.29, 0.717) is 5.03 Å². The van der Waals surface area contributed by atoms with Gasteiger partial charge in [-0.2, -0.15) is 0 Å². The SMILES string of the molecule is C=CC1(F)C=CC=C(Cl)C1. The Kier molecular flexibility index (Phi) is 1.95. The molecule has 0 nitrogen and oxygen atoms in total. The van der Waals surface area contributed by atoms with Gasteiger partial charge in [0, 0.05) is 11.5 Å². The Morgan fingerprint density at radius 3 is 2.90 bits per heavy atom. The number of hydrogen-bond donors (Lipinski definition) is 0. The van der Waals surface area contributed by atoms with Gasteiger partial charge in [-0.25, -0.2) is 4.39 Å². The van der Waals surface area contributed by atoms with Gasteiger partial charge in [0.2, 0.25) is 0 Å². The summed E-state index contributed by atoms with van der Waals surface area (Å²) in [5, 5.41) is 0.532. The van der Waals surface area contributed by atoms with Crippen LogP contribution in [0.25, 0.3) is 0 Å². The largest absolute Gasteiger partial charge is 0.234 e.